The molecule has 0 saturated carbocycles. The quantitative estimate of drug-likeness (QED) is 0.619. The van der Waals surface area contributed by atoms with Gasteiger partial charge < -0.3 is 20.5 Å². The second-order valence-electron chi connectivity index (χ2n) is 4.90. The van der Waals surface area contributed by atoms with Crippen LogP contribution >= 0.6 is 0 Å². The molecule has 0 aromatic carbocycles. The maximum absolute atomic E-state index is 11.6. The molecule has 6 nitrogen and oxygen atoms in total. The molecule has 0 aliphatic carbocycles. The van der Waals surface area contributed by atoms with Crippen LogP contribution < -0.4 is 10.6 Å². The van der Waals surface area contributed by atoms with Crippen LogP contribution in [0.4, 0.5) is 4.79 Å². The molecule has 104 valence electrons. The lowest BCUT2D eigenvalue weighted by Crippen LogP contribution is -2.52. The molecule has 0 spiro atoms. The first kappa shape index (κ1) is 14.8. The highest BCUT2D eigenvalue weighted by Crippen LogP contribution is 2.28. The number of hydrogen-bond acceptors (Lipinski definition) is 3. The molecule has 1 rings (SSSR count). The summed E-state index contributed by atoms with van der Waals surface area (Å²) in [5.74, 6) is -0.948. The van der Waals surface area contributed by atoms with E-state index in [4.69, 9.17) is 9.84 Å². The molecule has 0 bridgehead atoms. The fourth-order valence-electron chi connectivity index (χ4n) is 1.87. The highest BCUT2D eigenvalue weighted by atomic mass is 16.5. The van der Waals surface area contributed by atoms with Crippen molar-refractivity contribution in [3.8, 4) is 0 Å². The standard InChI is InChI=1S/C12H22N2O4/c1-3-4-5-6-13-11(17)14-9-7-18-8-12(9,2)10(15)16/h9H,3-8H2,1-2H3,(H,15,16)(H2,13,14,17). The minimum absolute atomic E-state index is 0.128. The van der Waals surface area contributed by atoms with Gasteiger partial charge in [0.05, 0.1) is 19.3 Å². The molecule has 3 N–H and O–H groups in total. The first-order chi connectivity index (χ1) is 8.50. The van der Waals surface area contributed by atoms with Gasteiger partial charge >= 0.3 is 12.0 Å². The number of aliphatic carboxylic acids is 1. The first-order valence-electron chi connectivity index (χ1n) is 6.36. The Hall–Kier alpha value is -1.30. The van der Waals surface area contributed by atoms with Crippen LogP contribution in [-0.2, 0) is 9.53 Å². The molecule has 0 radical (unpaired) electrons. The zero-order valence-corrected chi connectivity index (χ0v) is 11.0. The van der Waals surface area contributed by atoms with Crippen molar-refractivity contribution in [2.24, 2.45) is 5.41 Å². The molecule has 1 saturated heterocycles. The van der Waals surface area contributed by atoms with Crippen molar-refractivity contribution in [1.82, 2.24) is 10.6 Å². The number of carboxylic acids is 1. The lowest BCUT2D eigenvalue weighted by Gasteiger charge is -2.25. The van der Waals surface area contributed by atoms with E-state index in [0.29, 0.717) is 6.54 Å². The van der Waals surface area contributed by atoms with Gasteiger partial charge in [0.1, 0.15) is 5.41 Å². The number of urea groups is 1. The van der Waals surface area contributed by atoms with Crippen molar-refractivity contribution in [2.75, 3.05) is 19.8 Å². The number of amides is 2. The van der Waals surface area contributed by atoms with E-state index in [2.05, 4.69) is 17.6 Å². The van der Waals surface area contributed by atoms with E-state index in [-0.39, 0.29) is 19.2 Å². The van der Waals surface area contributed by atoms with Gasteiger partial charge in [-0.25, -0.2) is 4.79 Å². The predicted octanol–water partition coefficient (Wildman–Crippen LogP) is 0.965. The third kappa shape index (κ3) is 3.60. The Labute approximate surface area is 107 Å². The fraction of sp³-hybridized carbons (Fsp3) is 0.833. The summed E-state index contributed by atoms with van der Waals surface area (Å²) in [7, 11) is 0. The molecule has 1 heterocycles. The van der Waals surface area contributed by atoms with Crippen LogP contribution in [0.15, 0.2) is 0 Å². The molecule has 2 unspecified atom stereocenters. The van der Waals surface area contributed by atoms with Crippen molar-refractivity contribution in [3.05, 3.63) is 0 Å². The molecular weight excluding hydrogens is 236 g/mol. The number of rotatable bonds is 6. The molecule has 0 aromatic rings. The molecule has 6 heteroatoms. The van der Waals surface area contributed by atoms with E-state index in [1.165, 1.54) is 0 Å². The van der Waals surface area contributed by atoms with E-state index in [0.717, 1.165) is 19.3 Å². The van der Waals surface area contributed by atoms with Gasteiger partial charge in [-0.15, -0.1) is 0 Å². The number of unbranched alkanes of at least 4 members (excludes halogenated alkanes) is 2. The minimum Gasteiger partial charge on any atom is -0.481 e. The van der Waals surface area contributed by atoms with Crippen molar-refractivity contribution < 1.29 is 19.4 Å². The zero-order valence-electron chi connectivity index (χ0n) is 11.0. The van der Waals surface area contributed by atoms with Gasteiger partial charge in [0.15, 0.2) is 0 Å². The average Bonchev–Trinajstić information content (AvgIpc) is 2.68. The van der Waals surface area contributed by atoms with Crippen molar-refractivity contribution in [3.63, 3.8) is 0 Å². The highest BCUT2D eigenvalue weighted by molar-refractivity contribution is 5.79. The number of hydrogen-bond donors (Lipinski definition) is 3. The van der Waals surface area contributed by atoms with Crippen LogP contribution in [-0.4, -0.2) is 42.9 Å². The van der Waals surface area contributed by atoms with Gasteiger partial charge in [-0.2, -0.15) is 0 Å². The van der Waals surface area contributed by atoms with Crippen LogP contribution in [0.25, 0.3) is 0 Å². The number of carbonyl (C=O) groups excluding carboxylic acids is 1. The summed E-state index contributed by atoms with van der Waals surface area (Å²) in [6, 6.07) is -0.810. The second kappa shape index (κ2) is 6.58. The highest BCUT2D eigenvalue weighted by Gasteiger charge is 2.47. The van der Waals surface area contributed by atoms with E-state index < -0.39 is 17.4 Å². The van der Waals surface area contributed by atoms with Crippen LogP contribution in [0.1, 0.15) is 33.1 Å². The van der Waals surface area contributed by atoms with Gasteiger partial charge in [-0.1, -0.05) is 19.8 Å². The van der Waals surface area contributed by atoms with Gasteiger partial charge in [0.25, 0.3) is 0 Å². The Bertz CT molecular complexity index is 308. The molecule has 1 fully saturated rings. The largest absolute Gasteiger partial charge is 0.481 e. The fourth-order valence-corrected chi connectivity index (χ4v) is 1.87. The van der Waals surface area contributed by atoms with Crippen LogP contribution in [0.5, 0.6) is 0 Å². The van der Waals surface area contributed by atoms with E-state index in [1.807, 2.05) is 0 Å². The predicted molar refractivity (Wildman–Crippen MR) is 66.4 cm³/mol. The monoisotopic (exact) mass is 258 g/mol. The van der Waals surface area contributed by atoms with Crippen LogP contribution in [0.3, 0.4) is 0 Å². The summed E-state index contributed by atoms with van der Waals surface area (Å²) in [4.78, 5) is 22.8. The summed E-state index contributed by atoms with van der Waals surface area (Å²) in [6.45, 7) is 4.66. The number of carbonyl (C=O) groups is 2. The topological polar surface area (TPSA) is 87.7 Å². The Kier molecular flexibility index (Phi) is 5.40. The van der Waals surface area contributed by atoms with Crippen molar-refractivity contribution >= 4 is 12.0 Å². The van der Waals surface area contributed by atoms with E-state index in [1.54, 1.807) is 6.92 Å². The lowest BCUT2D eigenvalue weighted by atomic mass is 9.85. The molecule has 18 heavy (non-hydrogen) atoms. The summed E-state index contributed by atoms with van der Waals surface area (Å²) in [6.07, 6.45) is 3.10. The molecule has 2 amide bonds. The molecule has 0 aromatic heterocycles. The minimum atomic E-state index is -1.04. The summed E-state index contributed by atoms with van der Waals surface area (Å²) < 4.78 is 5.15. The van der Waals surface area contributed by atoms with Crippen molar-refractivity contribution in [1.29, 1.82) is 0 Å². The Morgan fingerprint density at radius 3 is 2.78 bits per heavy atom. The zero-order chi connectivity index (χ0) is 13.6. The smallest absolute Gasteiger partial charge is 0.315 e. The Morgan fingerprint density at radius 2 is 2.17 bits per heavy atom. The third-order valence-corrected chi connectivity index (χ3v) is 3.32. The second-order valence-corrected chi connectivity index (χ2v) is 4.90. The van der Waals surface area contributed by atoms with Gasteiger partial charge in [-0.3, -0.25) is 4.79 Å². The molecule has 1 aliphatic rings. The number of ether oxygens (including phenoxy) is 1. The normalized spacial score (nSPS) is 26.9. The van der Waals surface area contributed by atoms with E-state index >= 15 is 0 Å². The molecule has 1 aliphatic heterocycles. The number of nitrogens with one attached hydrogen (secondary N) is 2. The van der Waals surface area contributed by atoms with Gasteiger partial charge in [-0.05, 0) is 13.3 Å². The lowest BCUT2D eigenvalue weighted by molar-refractivity contribution is -0.148. The van der Waals surface area contributed by atoms with Crippen LogP contribution in [0.2, 0.25) is 0 Å². The average molecular weight is 258 g/mol. The summed E-state index contributed by atoms with van der Waals surface area (Å²) >= 11 is 0. The summed E-state index contributed by atoms with van der Waals surface area (Å²) in [5.41, 5.74) is -1.04. The van der Waals surface area contributed by atoms with E-state index in [9.17, 15) is 9.59 Å². The third-order valence-electron chi connectivity index (χ3n) is 3.32. The maximum atomic E-state index is 11.6. The first-order valence-corrected chi connectivity index (χ1v) is 6.36. The SMILES string of the molecule is CCCCCNC(=O)NC1COCC1(C)C(=O)O. The molecule has 2 atom stereocenters. The maximum Gasteiger partial charge on any atom is 0.315 e. The van der Waals surface area contributed by atoms with Gasteiger partial charge in [0, 0.05) is 6.54 Å². The van der Waals surface area contributed by atoms with Gasteiger partial charge in [0.2, 0.25) is 0 Å². The summed E-state index contributed by atoms with van der Waals surface area (Å²) in [5, 5.41) is 14.5. The Balaban J connectivity index is 2.37. The molecular formula is C12H22N2O4. The van der Waals surface area contributed by atoms with Crippen molar-refractivity contribution in [2.45, 2.75) is 39.2 Å². The van der Waals surface area contributed by atoms with Crippen LogP contribution in [0, 0.1) is 5.41 Å². The number of carboxylic acid groups (broad SMARTS) is 1. The Morgan fingerprint density at radius 1 is 1.44 bits per heavy atom.